The second-order valence-electron chi connectivity index (χ2n) is 9.88. The van der Waals surface area contributed by atoms with Crippen molar-refractivity contribution in [2.75, 3.05) is 19.8 Å². The zero-order valence-corrected chi connectivity index (χ0v) is 22.8. The summed E-state index contributed by atoms with van der Waals surface area (Å²) in [4.78, 5) is 33.9. The maximum atomic E-state index is 13.7. The predicted molar refractivity (Wildman–Crippen MR) is 142 cm³/mol. The zero-order valence-electron chi connectivity index (χ0n) is 22.0. The van der Waals surface area contributed by atoms with Crippen molar-refractivity contribution in [2.24, 2.45) is 5.92 Å². The number of hydrogen-bond donors (Lipinski definition) is 3. The maximum absolute atomic E-state index is 13.7. The van der Waals surface area contributed by atoms with Gasteiger partial charge in [-0.3, -0.25) is 9.59 Å². The quantitative estimate of drug-likeness (QED) is 0.355. The molecule has 1 aromatic carbocycles. The molecule has 38 heavy (non-hydrogen) atoms. The minimum absolute atomic E-state index is 0.0542. The number of aromatic nitrogens is 2. The lowest BCUT2D eigenvalue weighted by molar-refractivity contribution is -0.141. The fourth-order valence-corrected chi connectivity index (χ4v) is 5.56. The molecule has 1 fully saturated rings. The highest BCUT2D eigenvalue weighted by molar-refractivity contribution is 7.13. The standard InChI is InChI=1S/C27H34N4O6S/c1-15(2)24(22-12-23(30-37-22)36-10-9-32)27(35)31-13-20(33)11-21(31)26(34)29-16(3)18-5-7-19(8-6-18)25-17(4)28-14-38-25/h5-8,12,14-16,20-21,24,32-33H,9-11,13H2,1-4H3,(H,29,34)/t16-,20+,21-,24+/m0/s1. The van der Waals surface area contributed by atoms with Crippen molar-refractivity contribution in [3.63, 3.8) is 0 Å². The number of carbonyl (C=O) groups is 2. The highest BCUT2D eigenvalue weighted by Gasteiger charge is 2.43. The Morgan fingerprint density at radius 2 is 2.00 bits per heavy atom. The number of rotatable bonds is 10. The second-order valence-corrected chi connectivity index (χ2v) is 10.7. The molecule has 204 valence electrons. The van der Waals surface area contributed by atoms with E-state index >= 15 is 0 Å². The van der Waals surface area contributed by atoms with Crippen LogP contribution < -0.4 is 10.1 Å². The van der Waals surface area contributed by atoms with E-state index in [1.54, 1.807) is 11.3 Å². The number of ether oxygens (including phenoxy) is 1. The fraction of sp³-hybridized carbons (Fsp3) is 0.481. The summed E-state index contributed by atoms with van der Waals surface area (Å²) >= 11 is 1.59. The molecule has 0 radical (unpaired) electrons. The Labute approximate surface area is 225 Å². The summed E-state index contributed by atoms with van der Waals surface area (Å²) < 4.78 is 10.7. The number of amides is 2. The first-order valence-corrected chi connectivity index (χ1v) is 13.6. The Kier molecular flexibility index (Phi) is 8.80. The third kappa shape index (κ3) is 6.06. The van der Waals surface area contributed by atoms with Gasteiger partial charge in [0.2, 0.25) is 11.8 Å². The Morgan fingerprint density at radius 1 is 1.26 bits per heavy atom. The monoisotopic (exact) mass is 542 g/mol. The Balaban J connectivity index is 1.46. The topological polar surface area (TPSA) is 138 Å². The Hall–Kier alpha value is -3.28. The van der Waals surface area contributed by atoms with E-state index in [4.69, 9.17) is 14.4 Å². The van der Waals surface area contributed by atoms with Gasteiger partial charge in [0, 0.05) is 19.0 Å². The van der Waals surface area contributed by atoms with E-state index in [1.165, 1.54) is 11.0 Å². The van der Waals surface area contributed by atoms with E-state index in [2.05, 4.69) is 15.5 Å². The van der Waals surface area contributed by atoms with Crippen LogP contribution in [0, 0.1) is 12.8 Å². The van der Waals surface area contributed by atoms with Gasteiger partial charge in [0.15, 0.2) is 5.76 Å². The third-order valence-electron chi connectivity index (χ3n) is 6.73. The third-order valence-corrected chi connectivity index (χ3v) is 7.71. The van der Waals surface area contributed by atoms with Crippen LogP contribution in [0.5, 0.6) is 5.88 Å². The van der Waals surface area contributed by atoms with Gasteiger partial charge in [-0.2, -0.15) is 0 Å². The summed E-state index contributed by atoms with van der Waals surface area (Å²) in [6, 6.07) is 8.39. The number of aryl methyl sites for hydroxylation is 1. The summed E-state index contributed by atoms with van der Waals surface area (Å²) in [6.07, 6.45) is -0.655. The second kappa shape index (κ2) is 12.1. The summed E-state index contributed by atoms with van der Waals surface area (Å²) in [5.41, 5.74) is 4.80. The van der Waals surface area contributed by atoms with E-state index in [1.807, 2.05) is 57.5 Å². The number of nitrogens with one attached hydrogen (secondary N) is 1. The molecule has 0 aliphatic carbocycles. The number of hydrogen-bond acceptors (Lipinski definition) is 9. The number of β-amino-alcohol motifs (C(OH)–C–C–N with tert-alkyl or cyclic N) is 1. The van der Waals surface area contributed by atoms with Crippen LogP contribution in [-0.2, 0) is 9.59 Å². The number of nitrogens with zero attached hydrogens (tertiary/aromatic N) is 3. The first kappa shape index (κ1) is 27.7. The van der Waals surface area contributed by atoms with Crippen molar-refractivity contribution in [3.05, 3.63) is 52.9 Å². The van der Waals surface area contributed by atoms with Gasteiger partial charge < -0.3 is 29.7 Å². The van der Waals surface area contributed by atoms with E-state index < -0.39 is 18.1 Å². The highest BCUT2D eigenvalue weighted by Crippen LogP contribution is 2.33. The molecule has 4 rings (SSSR count). The molecule has 0 bridgehead atoms. The van der Waals surface area contributed by atoms with Crippen LogP contribution in [0.15, 0.2) is 40.4 Å². The summed E-state index contributed by atoms with van der Waals surface area (Å²) in [6.45, 7) is 7.55. The van der Waals surface area contributed by atoms with Crippen LogP contribution in [0.3, 0.4) is 0 Å². The molecule has 1 aliphatic rings. The first-order chi connectivity index (χ1) is 18.2. The summed E-state index contributed by atoms with van der Waals surface area (Å²) in [5, 5.41) is 26.2. The minimum atomic E-state index is -0.812. The number of likely N-dealkylation sites (tertiary alicyclic amines) is 1. The molecule has 1 aliphatic heterocycles. The molecular formula is C27H34N4O6S. The van der Waals surface area contributed by atoms with Gasteiger partial charge in [0.1, 0.15) is 18.6 Å². The van der Waals surface area contributed by atoms with Crippen molar-refractivity contribution < 1.29 is 29.1 Å². The molecule has 3 aromatic rings. The molecular weight excluding hydrogens is 508 g/mol. The van der Waals surface area contributed by atoms with E-state index in [0.717, 1.165) is 21.7 Å². The average molecular weight is 543 g/mol. The van der Waals surface area contributed by atoms with Crippen LogP contribution in [0.25, 0.3) is 10.4 Å². The van der Waals surface area contributed by atoms with Crippen molar-refractivity contribution in [1.82, 2.24) is 20.4 Å². The van der Waals surface area contributed by atoms with Crippen LogP contribution in [0.4, 0.5) is 0 Å². The van der Waals surface area contributed by atoms with E-state index in [0.29, 0.717) is 5.76 Å². The van der Waals surface area contributed by atoms with Crippen molar-refractivity contribution in [2.45, 2.75) is 58.2 Å². The van der Waals surface area contributed by atoms with Gasteiger partial charge in [0.05, 0.1) is 34.8 Å². The smallest absolute Gasteiger partial charge is 0.254 e. The average Bonchev–Trinajstić information content (AvgIpc) is 3.62. The lowest BCUT2D eigenvalue weighted by atomic mass is 9.91. The van der Waals surface area contributed by atoms with Gasteiger partial charge in [0.25, 0.3) is 5.88 Å². The van der Waals surface area contributed by atoms with Crippen molar-refractivity contribution >= 4 is 23.2 Å². The van der Waals surface area contributed by atoms with Gasteiger partial charge in [-0.1, -0.05) is 38.1 Å². The Bertz CT molecular complexity index is 1240. The van der Waals surface area contributed by atoms with Gasteiger partial charge in [-0.05, 0) is 36.0 Å². The highest BCUT2D eigenvalue weighted by atomic mass is 32.1. The molecule has 0 saturated carbocycles. The molecule has 11 heteroatoms. The number of thiazole rings is 1. The van der Waals surface area contributed by atoms with Crippen LogP contribution in [0.1, 0.15) is 56.2 Å². The van der Waals surface area contributed by atoms with Crippen molar-refractivity contribution in [3.8, 4) is 16.3 Å². The predicted octanol–water partition coefficient (Wildman–Crippen LogP) is 3.06. The van der Waals surface area contributed by atoms with Crippen molar-refractivity contribution in [1.29, 1.82) is 0 Å². The lowest BCUT2D eigenvalue weighted by Crippen LogP contribution is -2.48. The van der Waals surface area contributed by atoms with E-state index in [9.17, 15) is 14.7 Å². The number of aliphatic hydroxyl groups is 2. The molecule has 10 nitrogen and oxygen atoms in total. The normalized spacial score (nSPS) is 19.0. The van der Waals surface area contributed by atoms with Gasteiger partial charge >= 0.3 is 0 Å². The SMILES string of the molecule is Cc1ncsc1-c1ccc([C@H](C)NC(=O)[C@@H]2C[C@@H](O)CN2C(=O)[C@@H](c2cc(OCCO)no2)C(C)C)cc1. The number of carbonyl (C=O) groups excluding carboxylic acids is 2. The van der Waals surface area contributed by atoms with E-state index in [-0.39, 0.29) is 55.8 Å². The summed E-state index contributed by atoms with van der Waals surface area (Å²) in [7, 11) is 0. The summed E-state index contributed by atoms with van der Waals surface area (Å²) in [5.74, 6) is -1.04. The minimum Gasteiger partial charge on any atom is -0.473 e. The van der Waals surface area contributed by atoms with Gasteiger partial charge in [-0.25, -0.2) is 4.98 Å². The van der Waals surface area contributed by atoms with Crippen LogP contribution >= 0.6 is 11.3 Å². The molecule has 2 aromatic heterocycles. The number of aliphatic hydroxyl groups excluding tert-OH is 2. The lowest BCUT2D eigenvalue weighted by Gasteiger charge is -2.29. The van der Waals surface area contributed by atoms with Crippen LogP contribution in [-0.4, -0.2) is 69.0 Å². The zero-order chi connectivity index (χ0) is 27.4. The van der Waals surface area contributed by atoms with Crippen LogP contribution in [0.2, 0.25) is 0 Å². The maximum Gasteiger partial charge on any atom is 0.254 e. The molecule has 3 N–H and O–H groups in total. The molecule has 4 atom stereocenters. The molecule has 1 saturated heterocycles. The number of benzene rings is 1. The van der Waals surface area contributed by atoms with Gasteiger partial charge in [-0.15, -0.1) is 11.3 Å². The molecule has 0 unspecified atom stereocenters. The Morgan fingerprint density at radius 3 is 2.63 bits per heavy atom. The fourth-order valence-electron chi connectivity index (χ4n) is 4.75. The first-order valence-electron chi connectivity index (χ1n) is 12.7. The largest absolute Gasteiger partial charge is 0.473 e. The molecule has 0 spiro atoms. The molecule has 2 amide bonds. The molecule has 3 heterocycles.